The lowest BCUT2D eigenvalue weighted by Gasteiger charge is -1.94. The van der Waals surface area contributed by atoms with E-state index in [2.05, 4.69) is 0 Å². The van der Waals surface area contributed by atoms with Gasteiger partial charge in [-0.2, -0.15) is 4.39 Å². The molecule has 1 heterocycles. The second kappa shape index (κ2) is 2.69. The molecule has 1 aromatic heterocycles. The van der Waals surface area contributed by atoms with Gasteiger partial charge in [0.1, 0.15) is 5.58 Å². The Labute approximate surface area is 74.0 Å². The summed E-state index contributed by atoms with van der Waals surface area (Å²) in [5.41, 5.74) is 0.744. The molecule has 0 saturated heterocycles. The third-order valence-corrected chi connectivity index (χ3v) is 1.89. The number of Topliss-reactive ketones (excluding diaryl/α,β-unsaturated/α-hetero) is 1. The van der Waals surface area contributed by atoms with Crippen molar-refractivity contribution in [1.29, 1.82) is 0 Å². The van der Waals surface area contributed by atoms with E-state index in [-0.39, 0.29) is 5.78 Å². The highest BCUT2D eigenvalue weighted by Gasteiger charge is 2.10. The summed E-state index contributed by atoms with van der Waals surface area (Å²) in [7, 11) is 0. The quantitative estimate of drug-likeness (QED) is 0.628. The summed E-state index contributed by atoms with van der Waals surface area (Å²) in [6, 6.07) is 5.63. The van der Waals surface area contributed by atoms with Crippen molar-refractivity contribution in [3.8, 4) is 0 Å². The Morgan fingerprint density at radius 3 is 2.92 bits per heavy atom. The number of halogens is 1. The van der Waals surface area contributed by atoms with Crippen molar-refractivity contribution < 1.29 is 13.6 Å². The molecule has 66 valence electrons. The highest BCUT2D eigenvalue weighted by atomic mass is 19.1. The summed E-state index contributed by atoms with van der Waals surface area (Å²) < 4.78 is 17.5. The number of ketones is 1. The number of benzene rings is 1. The maximum Gasteiger partial charge on any atom is 0.278 e. The summed E-state index contributed by atoms with van der Waals surface area (Å²) >= 11 is 0. The van der Waals surface area contributed by atoms with Gasteiger partial charge in [0, 0.05) is 11.5 Å². The number of hydrogen-bond donors (Lipinski definition) is 0. The lowest BCUT2D eigenvalue weighted by atomic mass is 10.1. The number of carbonyl (C=O) groups excluding carboxylic acids is 1. The summed E-state index contributed by atoms with van der Waals surface area (Å²) in [4.78, 5) is 11.1. The van der Waals surface area contributed by atoms with Crippen LogP contribution in [-0.4, -0.2) is 5.78 Å². The van der Waals surface area contributed by atoms with Crippen molar-refractivity contribution in [2.45, 2.75) is 6.92 Å². The first-order valence-electron chi connectivity index (χ1n) is 3.87. The molecule has 0 unspecified atom stereocenters. The SMILES string of the molecule is CC(=O)c1cccc2cc(F)oc12. The minimum atomic E-state index is -0.663. The fourth-order valence-electron chi connectivity index (χ4n) is 1.31. The van der Waals surface area contributed by atoms with Gasteiger partial charge < -0.3 is 4.42 Å². The Morgan fingerprint density at radius 1 is 1.46 bits per heavy atom. The fraction of sp³-hybridized carbons (Fsp3) is 0.100. The number of para-hydroxylation sites is 1. The Hall–Kier alpha value is -1.64. The van der Waals surface area contributed by atoms with Gasteiger partial charge in [0.05, 0.1) is 5.56 Å². The molecule has 1 aromatic carbocycles. The van der Waals surface area contributed by atoms with Gasteiger partial charge in [0.15, 0.2) is 5.78 Å². The molecule has 0 aliphatic rings. The van der Waals surface area contributed by atoms with Gasteiger partial charge in [-0.15, -0.1) is 0 Å². The number of furan rings is 1. The maximum atomic E-state index is 12.7. The van der Waals surface area contributed by atoms with E-state index < -0.39 is 6.01 Å². The Kier molecular flexibility index (Phi) is 1.65. The summed E-state index contributed by atoms with van der Waals surface area (Å²) in [5, 5.41) is 0.616. The molecule has 0 bridgehead atoms. The van der Waals surface area contributed by atoms with E-state index in [4.69, 9.17) is 4.42 Å². The van der Waals surface area contributed by atoms with Gasteiger partial charge in [-0.3, -0.25) is 4.79 Å². The lowest BCUT2D eigenvalue weighted by molar-refractivity contribution is 0.101. The zero-order chi connectivity index (χ0) is 9.42. The van der Waals surface area contributed by atoms with Crippen LogP contribution < -0.4 is 0 Å². The maximum absolute atomic E-state index is 12.7. The molecule has 0 atom stereocenters. The second-order valence-corrected chi connectivity index (χ2v) is 2.83. The summed E-state index contributed by atoms with van der Waals surface area (Å²) in [6.07, 6.45) is 0. The fourth-order valence-corrected chi connectivity index (χ4v) is 1.31. The van der Waals surface area contributed by atoms with Crippen LogP contribution in [-0.2, 0) is 0 Å². The molecule has 0 spiro atoms. The molecule has 0 N–H and O–H groups in total. The van der Waals surface area contributed by atoms with E-state index in [9.17, 15) is 9.18 Å². The molecule has 2 aromatic rings. The van der Waals surface area contributed by atoms with E-state index >= 15 is 0 Å². The highest BCUT2D eigenvalue weighted by Crippen LogP contribution is 2.22. The minimum absolute atomic E-state index is 0.125. The largest absolute Gasteiger partial charge is 0.430 e. The molecule has 2 rings (SSSR count). The predicted octanol–water partition coefficient (Wildman–Crippen LogP) is 2.77. The third-order valence-electron chi connectivity index (χ3n) is 1.89. The van der Waals surface area contributed by atoms with Crippen LogP contribution in [0.3, 0.4) is 0 Å². The number of fused-ring (bicyclic) bond motifs is 1. The first-order valence-corrected chi connectivity index (χ1v) is 3.87. The monoisotopic (exact) mass is 178 g/mol. The minimum Gasteiger partial charge on any atom is -0.430 e. The Bertz CT molecular complexity index is 471. The zero-order valence-electron chi connectivity index (χ0n) is 7.00. The topological polar surface area (TPSA) is 30.2 Å². The molecule has 3 heteroatoms. The van der Waals surface area contributed by atoms with Crippen LogP contribution in [0.25, 0.3) is 11.0 Å². The molecule has 2 nitrogen and oxygen atoms in total. The van der Waals surface area contributed by atoms with Gasteiger partial charge in [-0.05, 0) is 13.0 Å². The molecule has 0 aliphatic heterocycles. The van der Waals surface area contributed by atoms with E-state index in [1.54, 1.807) is 18.2 Å². The molecule has 13 heavy (non-hydrogen) atoms. The van der Waals surface area contributed by atoms with Crippen LogP contribution >= 0.6 is 0 Å². The summed E-state index contributed by atoms with van der Waals surface area (Å²) in [6.45, 7) is 1.43. The molecule has 0 aliphatic carbocycles. The van der Waals surface area contributed by atoms with Gasteiger partial charge in [0.25, 0.3) is 6.01 Å². The lowest BCUT2D eigenvalue weighted by Crippen LogP contribution is -1.90. The van der Waals surface area contributed by atoms with Gasteiger partial charge >= 0.3 is 0 Å². The molecular formula is C10H7FO2. The van der Waals surface area contributed by atoms with Crippen LogP contribution in [0.1, 0.15) is 17.3 Å². The van der Waals surface area contributed by atoms with Gasteiger partial charge in [-0.25, -0.2) is 0 Å². The number of carbonyl (C=O) groups is 1. The Morgan fingerprint density at radius 2 is 2.23 bits per heavy atom. The average Bonchev–Trinajstić information content (AvgIpc) is 2.43. The van der Waals surface area contributed by atoms with Crippen molar-refractivity contribution in [2.24, 2.45) is 0 Å². The molecular weight excluding hydrogens is 171 g/mol. The van der Waals surface area contributed by atoms with Crippen LogP contribution in [0.15, 0.2) is 28.7 Å². The molecule has 0 radical (unpaired) electrons. The Balaban J connectivity index is 2.82. The van der Waals surface area contributed by atoms with Crippen molar-refractivity contribution >= 4 is 16.8 Å². The normalized spacial score (nSPS) is 10.6. The van der Waals surface area contributed by atoms with Crippen LogP contribution in [0, 0.1) is 6.01 Å². The smallest absolute Gasteiger partial charge is 0.278 e. The third kappa shape index (κ3) is 1.22. The molecule has 0 fully saturated rings. The van der Waals surface area contributed by atoms with Gasteiger partial charge in [0.2, 0.25) is 0 Å². The first-order chi connectivity index (χ1) is 6.18. The van der Waals surface area contributed by atoms with Crippen LogP contribution in [0.2, 0.25) is 0 Å². The molecule has 0 amide bonds. The number of hydrogen-bond acceptors (Lipinski definition) is 2. The van der Waals surface area contributed by atoms with Crippen LogP contribution in [0.4, 0.5) is 4.39 Å². The average molecular weight is 178 g/mol. The molecule has 0 saturated carbocycles. The predicted molar refractivity (Wildman–Crippen MR) is 46.2 cm³/mol. The van der Waals surface area contributed by atoms with Crippen LogP contribution in [0.5, 0.6) is 0 Å². The first kappa shape index (κ1) is 7.98. The second-order valence-electron chi connectivity index (χ2n) is 2.83. The number of rotatable bonds is 1. The van der Waals surface area contributed by atoms with Crippen molar-refractivity contribution in [2.75, 3.05) is 0 Å². The van der Waals surface area contributed by atoms with Gasteiger partial charge in [-0.1, -0.05) is 12.1 Å². The highest BCUT2D eigenvalue weighted by molar-refractivity contribution is 6.04. The van der Waals surface area contributed by atoms with Crippen molar-refractivity contribution in [3.05, 3.63) is 35.8 Å². The zero-order valence-corrected chi connectivity index (χ0v) is 7.00. The van der Waals surface area contributed by atoms with E-state index in [1.807, 2.05) is 0 Å². The summed E-state index contributed by atoms with van der Waals surface area (Å²) in [5.74, 6) is -0.125. The van der Waals surface area contributed by atoms with E-state index in [0.717, 1.165) is 0 Å². The van der Waals surface area contributed by atoms with Crippen molar-refractivity contribution in [1.82, 2.24) is 0 Å². The van der Waals surface area contributed by atoms with E-state index in [0.29, 0.717) is 16.5 Å². The standard InChI is InChI=1S/C10H7FO2/c1-6(12)8-4-2-3-7-5-9(11)13-10(7)8/h2-5H,1H3. The van der Waals surface area contributed by atoms with Crippen molar-refractivity contribution in [3.63, 3.8) is 0 Å². The van der Waals surface area contributed by atoms with E-state index in [1.165, 1.54) is 13.0 Å².